The van der Waals surface area contributed by atoms with Crippen molar-refractivity contribution in [3.8, 4) is 17.1 Å². The number of aromatic nitrogens is 3. The van der Waals surface area contributed by atoms with Crippen molar-refractivity contribution in [3.63, 3.8) is 0 Å². The van der Waals surface area contributed by atoms with Crippen LogP contribution in [0.3, 0.4) is 0 Å². The molecule has 0 fully saturated rings. The lowest BCUT2D eigenvalue weighted by Gasteiger charge is -2.23. The molecule has 3 heterocycles. The summed E-state index contributed by atoms with van der Waals surface area (Å²) < 4.78 is 8.77. The number of hydrogen-bond donors (Lipinski definition) is 0. The fourth-order valence-corrected chi connectivity index (χ4v) is 5.24. The van der Waals surface area contributed by atoms with Gasteiger partial charge in [0.05, 0.1) is 16.8 Å². The van der Waals surface area contributed by atoms with Crippen LogP contribution < -0.4 is 0 Å². The Hall–Kier alpha value is -3.92. The molecule has 0 aliphatic heterocycles. The largest absolute Gasteiger partial charge is 0.455 e. The third-order valence-electron chi connectivity index (χ3n) is 6.97. The molecule has 0 aliphatic carbocycles. The van der Waals surface area contributed by atoms with Gasteiger partial charge in [0.2, 0.25) is 0 Å². The molecule has 0 saturated heterocycles. The predicted molar refractivity (Wildman–Crippen MR) is 144 cm³/mol. The van der Waals surface area contributed by atoms with Crippen LogP contribution in [0.15, 0.2) is 77.3 Å². The van der Waals surface area contributed by atoms with E-state index in [1.165, 1.54) is 16.8 Å². The first-order valence-electron chi connectivity index (χ1n) is 12.3. The summed E-state index contributed by atoms with van der Waals surface area (Å²) in [4.78, 5) is 9.82. The highest BCUT2D eigenvalue weighted by Gasteiger charge is 2.25. The fraction of sp³-hybridized carbons (Fsp3) is 0.226. The summed E-state index contributed by atoms with van der Waals surface area (Å²) >= 11 is 0. The molecule has 0 aliphatic rings. The second-order valence-corrected chi connectivity index (χ2v) is 9.95. The molecular weight excluding hydrogens is 430 g/mol. The Morgan fingerprint density at radius 3 is 2.20 bits per heavy atom. The molecule has 4 heteroatoms. The smallest absolute Gasteiger partial charge is 0.178 e. The van der Waals surface area contributed by atoms with E-state index in [1.807, 2.05) is 18.3 Å². The molecule has 0 radical (unpaired) electrons. The SMILES string of the molecule is Cc1ccnc2nc(-c3cccc4c3oc3ccccc34)n(-c3c(C(C)C)cccc3C(C)C)c12. The molecule has 0 spiro atoms. The Labute approximate surface area is 205 Å². The van der Waals surface area contributed by atoms with Crippen molar-refractivity contribution >= 4 is 33.1 Å². The van der Waals surface area contributed by atoms with Gasteiger partial charge in [-0.15, -0.1) is 0 Å². The van der Waals surface area contributed by atoms with Crippen LogP contribution in [0, 0.1) is 6.92 Å². The number of furan rings is 1. The Morgan fingerprint density at radius 2 is 1.46 bits per heavy atom. The molecule has 0 N–H and O–H groups in total. The van der Waals surface area contributed by atoms with E-state index in [0.717, 1.165) is 50.1 Å². The van der Waals surface area contributed by atoms with Gasteiger partial charge in [0.25, 0.3) is 0 Å². The van der Waals surface area contributed by atoms with E-state index >= 15 is 0 Å². The highest BCUT2D eigenvalue weighted by Crippen LogP contribution is 2.41. The van der Waals surface area contributed by atoms with E-state index in [9.17, 15) is 0 Å². The highest BCUT2D eigenvalue weighted by molar-refractivity contribution is 6.09. The Morgan fingerprint density at radius 1 is 0.771 bits per heavy atom. The number of para-hydroxylation sites is 3. The second kappa shape index (κ2) is 8.09. The van der Waals surface area contributed by atoms with Crippen molar-refractivity contribution in [2.75, 3.05) is 0 Å². The second-order valence-electron chi connectivity index (χ2n) is 9.95. The van der Waals surface area contributed by atoms with Crippen molar-refractivity contribution in [2.24, 2.45) is 0 Å². The van der Waals surface area contributed by atoms with Crippen molar-refractivity contribution in [2.45, 2.75) is 46.5 Å². The molecule has 4 nitrogen and oxygen atoms in total. The summed E-state index contributed by atoms with van der Waals surface area (Å²) in [5, 5.41) is 2.22. The minimum atomic E-state index is 0.355. The normalized spacial score (nSPS) is 12.1. The highest BCUT2D eigenvalue weighted by atomic mass is 16.3. The van der Waals surface area contributed by atoms with Gasteiger partial charge in [-0.3, -0.25) is 4.57 Å². The summed E-state index contributed by atoms with van der Waals surface area (Å²) in [6.07, 6.45) is 1.85. The maximum absolute atomic E-state index is 6.44. The van der Waals surface area contributed by atoms with Crippen molar-refractivity contribution < 1.29 is 4.42 Å². The molecular formula is C31H29N3O. The van der Waals surface area contributed by atoms with E-state index < -0.39 is 0 Å². The van der Waals surface area contributed by atoms with Gasteiger partial charge in [-0.1, -0.05) is 76.2 Å². The van der Waals surface area contributed by atoms with Crippen LogP contribution in [0.25, 0.3) is 50.2 Å². The van der Waals surface area contributed by atoms with Crippen molar-refractivity contribution in [1.82, 2.24) is 14.5 Å². The van der Waals surface area contributed by atoms with Crippen LogP contribution in [0.5, 0.6) is 0 Å². The van der Waals surface area contributed by atoms with Gasteiger partial charge in [0.1, 0.15) is 11.2 Å². The summed E-state index contributed by atoms with van der Waals surface area (Å²) in [6.45, 7) is 11.2. The molecule has 3 aromatic carbocycles. The van der Waals surface area contributed by atoms with Crippen LogP contribution in [0.2, 0.25) is 0 Å². The van der Waals surface area contributed by atoms with Gasteiger partial charge >= 0.3 is 0 Å². The molecule has 0 unspecified atom stereocenters. The van der Waals surface area contributed by atoms with Crippen molar-refractivity contribution in [3.05, 3.63) is 89.6 Å². The minimum Gasteiger partial charge on any atom is -0.455 e. The number of hydrogen-bond acceptors (Lipinski definition) is 3. The number of nitrogens with zero attached hydrogens (tertiary/aromatic N) is 3. The van der Waals surface area contributed by atoms with Gasteiger partial charge in [-0.05, 0) is 53.6 Å². The molecule has 0 amide bonds. The third-order valence-corrected chi connectivity index (χ3v) is 6.97. The van der Waals surface area contributed by atoms with E-state index in [2.05, 4.69) is 98.8 Å². The first kappa shape index (κ1) is 21.6. The standard InChI is InChI=1S/C31H29N3O/c1-18(2)21-11-8-12-22(19(3)4)28(21)34-27-20(5)16-17-32-30(27)33-31(34)25-14-9-13-24-23-10-6-7-15-26(23)35-29(24)25/h6-19H,1-5H3. The Kier molecular flexibility index (Phi) is 4.99. The first-order chi connectivity index (χ1) is 17.0. The van der Waals surface area contributed by atoms with Gasteiger partial charge in [-0.25, -0.2) is 9.97 Å². The number of benzene rings is 3. The maximum atomic E-state index is 6.44. The summed E-state index contributed by atoms with van der Waals surface area (Å²) in [7, 11) is 0. The average molecular weight is 460 g/mol. The Balaban J connectivity index is 1.79. The zero-order chi connectivity index (χ0) is 24.3. The zero-order valence-electron chi connectivity index (χ0n) is 20.8. The lowest BCUT2D eigenvalue weighted by atomic mass is 9.92. The van der Waals surface area contributed by atoms with E-state index in [4.69, 9.17) is 9.40 Å². The van der Waals surface area contributed by atoms with Crippen LogP contribution in [0.4, 0.5) is 0 Å². The number of fused-ring (bicyclic) bond motifs is 4. The average Bonchev–Trinajstić information content (AvgIpc) is 3.42. The molecule has 6 rings (SSSR count). The first-order valence-corrected chi connectivity index (χ1v) is 12.3. The third kappa shape index (κ3) is 3.28. The predicted octanol–water partition coefficient (Wildman–Crippen LogP) is 8.54. The monoisotopic (exact) mass is 459 g/mol. The lowest BCUT2D eigenvalue weighted by molar-refractivity contribution is 0.669. The number of imidazole rings is 1. The number of pyridine rings is 1. The maximum Gasteiger partial charge on any atom is 0.178 e. The van der Waals surface area contributed by atoms with Crippen LogP contribution in [0.1, 0.15) is 56.2 Å². The number of aryl methyl sites for hydroxylation is 1. The molecule has 0 saturated carbocycles. The van der Waals surface area contributed by atoms with Gasteiger partial charge in [0.15, 0.2) is 11.5 Å². The molecule has 3 aromatic heterocycles. The van der Waals surface area contributed by atoms with Crippen LogP contribution >= 0.6 is 0 Å². The minimum absolute atomic E-state index is 0.355. The Bertz CT molecular complexity index is 1690. The number of rotatable bonds is 4. The van der Waals surface area contributed by atoms with Gasteiger partial charge in [0, 0.05) is 17.0 Å². The summed E-state index contributed by atoms with van der Waals surface area (Å²) in [5.74, 6) is 1.57. The summed E-state index contributed by atoms with van der Waals surface area (Å²) in [5.41, 5.74) is 9.48. The molecule has 35 heavy (non-hydrogen) atoms. The van der Waals surface area contributed by atoms with E-state index in [1.54, 1.807) is 0 Å². The van der Waals surface area contributed by atoms with Crippen LogP contribution in [-0.2, 0) is 0 Å². The lowest BCUT2D eigenvalue weighted by Crippen LogP contribution is -2.09. The van der Waals surface area contributed by atoms with Gasteiger partial charge in [-0.2, -0.15) is 0 Å². The topological polar surface area (TPSA) is 43.9 Å². The quantitative estimate of drug-likeness (QED) is 0.265. The zero-order valence-corrected chi connectivity index (χ0v) is 20.8. The van der Waals surface area contributed by atoms with E-state index in [-0.39, 0.29) is 0 Å². The summed E-state index contributed by atoms with van der Waals surface area (Å²) in [6, 6.07) is 23.3. The van der Waals surface area contributed by atoms with Gasteiger partial charge < -0.3 is 4.42 Å². The fourth-order valence-electron chi connectivity index (χ4n) is 5.24. The van der Waals surface area contributed by atoms with E-state index in [0.29, 0.717) is 11.8 Å². The van der Waals surface area contributed by atoms with Crippen LogP contribution in [-0.4, -0.2) is 14.5 Å². The van der Waals surface area contributed by atoms with Crippen molar-refractivity contribution in [1.29, 1.82) is 0 Å². The molecule has 0 bridgehead atoms. The molecule has 6 aromatic rings. The molecule has 0 atom stereocenters. The molecule has 174 valence electrons.